The molecule has 0 atom stereocenters. The number of hydrogen-bond donors (Lipinski definition) is 0. The molecule has 0 fully saturated rings. The maximum Gasteiger partial charge on any atom is 0.0998 e. The Bertz CT molecular complexity index is 3100. The van der Waals surface area contributed by atoms with E-state index in [0.717, 1.165) is 44.5 Å². The first-order valence-corrected chi connectivity index (χ1v) is 18.4. The van der Waals surface area contributed by atoms with Gasteiger partial charge in [0.15, 0.2) is 0 Å². The van der Waals surface area contributed by atoms with Crippen molar-refractivity contribution in [1.82, 2.24) is 4.57 Å². The van der Waals surface area contributed by atoms with E-state index < -0.39 is 0 Å². The molecule has 0 saturated heterocycles. The van der Waals surface area contributed by atoms with Crippen molar-refractivity contribution in [3.8, 4) is 62.3 Å². The second kappa shape index (κ2) is 13.0. The minimum absolute atomic E-state index is 0.519. The third-order valence-corrected chi connectivity index (χ3v) is 10.9. The fourth-order valence-electron chi connectivity index (χ4n) is 8.44. The summed E-state index contributed by atoms with van der Waals surface area (Å²) < 4.78 is 2.20. The maximum atomic E-state index is 10.4. The molecule has 3 heteroatoms. The molecule has 55 heavy (non-hydrogen) atoms. The Morgan fingerprint density at radius 2 is 0.727 bits per heavy atom. The Kier molecular flexibility index (Phi) is 7.58. The fraction of sp³-hybridized carbons (Fsp3) is 0. The lowest BCUT2D eigenvalue weighted by atomic mass is 9.85. The molecule has 0 bridgehead atoms. The molecule has 3 nitrogen and oxygen atoms in total. The van der Waals surface area contributed by atoms with Crippen LogP contribution in [0.3, 0.4) is 0 Å². The van der Waals surface area contributed by atoms with E-state index in [1.807, 2.05) is 48.5 Å². The van der Waals surface area contributed by atoms with Crippen LogP contribution in [-0.2, 0) is 0 Å². The van der Waals surface area contributed by atoms with Gasteiger partial charge in [0.25, 0.3) is 0 Å². The van der Waals surface area contributed by atoms with Crippen LogP contribution in [0.4, 0.5) is 0 Å². The van der Waals surface area contributed by atoms with Crippen LogP contribution in [0.25, 0.3) is 93.5 Å². The van der Waals surface area contributed by atoms with Crippen molar-refractivity contribution in [2.75, 3.05) is 0 Å². The summed E-state index contributed by atoms with van der Waals surface area (Å²) in [7, 11) is 0. The smallest absolute Gasteiger partial charge is 0.0998 e. The zero-order chi connectivity index (χ0) is 36.9. The van der Waals surface area contributed by atoms with Gasteiger partial charge in [0.1, 0.15) is 0 Å². The Morgan fingerprint density at radius 1 is 0.327 bits per heavy atom. The van der Waals surface area contributed by atoms with Crippen LogP contribution in [0.15, 0.2) is 188 Å². The van der Waals surface area contributed by atoms with Crippen molar-refractivity contribution in [2.24, 2.45) is 0 Å². The lowest BCUT2D eigenvalue weighted by molar-refractivity contribution is 1.18. The zero-order valence-electron chi connectivity index (χ0n) is 29.7. The Hall–Kier alpha value is -7.72. The van der Waals surface area contributed by atoms with Gasteiger partial charge in [-0.25, -0.2) is 0 Å². The van der Waals surface area contributed by atoms with E-state index in [9.17, 15) is 10.5 Å². The van der Waals surface area contributed by atoms with Crippen LogP contribution in [0, 0.1) is 22.7 Å². The monoisotopic (exact) mass is 697 g/mol. The molecule has 10 rings (SSSR count). The molecule has 0 saturated carbocycles. The minimum atomic E-state index is 0.519. The van der Waals surface area contributed by atoms with Crippen molar-refractivity contribution in [3.63, 3.8) is 0 Å². The number of hydrogen-bond acceptors (Lipinski definition) is 2. The molecule has 0 unspecified atom stereocenters. The van der Waals surface area contributed by atoms with Gasteiger partial charge < -0.3 is 4.57 Å². The summed E-state index contributed by atoms with van der Waals surface area (Å²) in [5, 5.41) is 28.0. The van der Waals surface area contributed by atoms with Crippen LogP contribution in [0.1, 0.15) is 11.1 Å². The molecule has 0 aliphatic carbocycles. The summed E-state index contributed by atoms with van der Waals surface area (Å²) in [6.45, 7) is 0. The highest BCUT2D eigenvalue weighted by molar-refractivity contribution is 6.21. The van der Waals surface area contributed by atoms with E-state index in [1.54, 1.807) is 0 Å². The number of benzene rings is 9. The van der Waals surface area contributed by atoms with Gasteiger partial charge in [0.2, 0.25) is 0 Å². The number of nitrogens with zero attached hydrogens (tertiary/aromatic N) is 3. The normalized spacial score (nSPS) is 11.2. The first-order chi connectivity index (χ1) is 27.2. The summed E-state index contributed by atoms with van der Waals surface area (Å²) in [5.74, 6) is 0. The van der Waals surface area contributed by atoms with Crippen LogP contribution in [-0.4, -0.2) is 4.57 Å². The lowest BCUT2D eigenvalue weighted by Gasteiger charge is -2.18. The largest absolute Gasteiger partial charge is 0.309 e. The fourth-order valence-corrected chi connectivity index (χ4v) is 8.44. The summed E-state index contributed by atoms with van der Waals surface area (Å²) in [4.78, 5) is 0. The van der Waals surface area contributed by atoms with Gasteiger partial charge in [-0.1, -0.05) is 158 Å². The quantitative estimate of drug-likeness (QED) is 0.168. The Labute approximate surface area is 318 Å². The van der Waals surface area contributed by atoms with Crippen LogP contribution < -0.4 is 0 Å². The number of nitriles is 2. The van der Waals surface area contributed by atoms with Gasteiger partial charge in [-0.05, 0) is 85.3 Å². The highest BCUT2D eigenvalue weighted by Gasteiger charge is 2.18. The molecule has 0 radical (unpaired) electrons. The number of rotatable bonds is 5. The number of para-hydroxylation sites is 2. The Morgan fingerprint density at radius 3 is 1.25 bits per heavy atom. The first-order valence-electron chi connectivity index (χ1n) is 18.4. The van der Waals surface area contributed by atoms with Gasteiger partial charge in [0, 0.05) is 27.6 Å². The number of aromatic nitrogens is 1. The summed E-state index contributed by atoms with van der Waals surface area (Å²) in [5.41, 5.74) is 12.3. The average Bonchev–Trinajstić information content (AvgIpc) is 3.60. The summed E-state index contributed by atoms with van der Waals surface area (Å²) in [6.07, 6.45) is 0. The van der Waals surface area contributed by atoms with Gasteiger partial charge in [0.05, 0.1) is 34.3 Å². The van der Waals surface area contributed by atoms with Crippen molar-refractivity contribution < 1.29 is 0 Å². The maximum absolute atomic E-state index is 10.4. The second-order valence-corrected chi connectivity index (χ2v) is 13.9. The van der Waals surface area contributed by atoms with Gasteiger partial charge in [-0.2, -0.15) is 10.5 Å². The standard InChI is InChI=1S/C52H31N3/c53-32-38-30-37(26-28-41(38)42-29-27-40(31-39(42)33-54)55-49-20-10-8-14-43(49)44-15-9-11-21-50(44)55)34-22-24-36(25-23-34)52-47-18-6-4-16-45(47)51(35-12-2-1-3-13-35)46-17-5-7-19-48(46)52/h1-31H. The van der Waals surface area contributed by atoms with Crippen molar-refractivity contribution in [2.45, 2.75) is 0 Å². The zero-order valence-corrected chi connectivity index (χ0v) is 29.7. The van der Waals surface area contributed by atoms with E-state index in [2.05, 4.69) is 156 Å². The highest BCUT2D eigenvalue weighted by atomic mass is 15.0. The molecule has 0 amide bonds. The molecular formula is C52H31N3. The lowest BCUT2D eigenvalue weighted by Crippen LogP contribution is -1.97. The van der Waals surface area contributed by atoms with Gasteiger partial charge in [-0.15, -0.1) is 0 Å². The van der Waals surface area contributed by atoms with Crippen LogP contribution >= 0.6 is 0 Å². The van der Waals surface area contributed by atoms with E-state index in [1.165, 1.54) is 49.0 Å². The highest BCUT2D eigenvalue weighted by Crippen LogP contribution is 2.44. The predicted octanol–water partition coefficient (Wildman–Crippen LogP) is 13.5. The first kappa shape index (κ1) is 32.0. The molecule has 0 aliphatic heterocycles. The Balaban J connectivity index is 1.04. The molecule has 0 N–H and O–H groups in total. The topological polar surface area (TPSA) is 52.5 Å². The third-order valence-electron chi connectivity index (χ3n) is 10.9. The van der Waals surface area contributed by atoms with E-state index in [4.69, 9.17) is 0 Å². The SMILES string of the molecule is N#Cc1cc(-c2ccc(-c3c4ccccc4c(-c4ccccc4)c4ccccc34)cc2)ccc1-c1ccc(-n2c3ccccc3c3ccccc32)cc1C#N. The van der Waals surface area contributed by atoms with E-state index >= 15 is 0 Å². The second-order valence-electron chi connectivity index (χ2n) is 13.9. The minimum Gasteiger partial charge on any atom is -0.309 e. The molecular weight excluding hydrogens is 667 g/mol. The van der Waals surface area contributed by atoms with Gasteiger partial charge in [-0.3, -0.25) is 0 Å². The summed E-state index contributed by atoms with van der Waals surface area (Å²) >= 11 is 0. The predicted molar refractivity (Wildman–Crippen MR) is 227 cm³/mol. The molecule has 10 aromatic rings. The van der Waals surface area contributed by atoms with Crippen molar-refractivity contribution in [1.29, 1.82) is 10.5 Å². The average molecular weight is 698 g/mol. The van der Waals surface area contributed by atoms with Crippen LogP contribution in [0.2, 0.25) is 0 Å². The molecule has 1 heterocycles. The molecule has 0 spiro atoms. The summed E-state index contributed by atoms with van der Waals surface area (Å²) in [6, 6.07) is 70.1. The number of fused-ring (bicyclic) bond motifs is 5. The third kappa shape index (κ3) is 5.19. The molecule has 1 aromatic heterocycles. The van der Waals surface area contributed by atoms with E-state index in [0.29, 0.717) is 11.1 Å². The van der Waals surface area contributed by atoms with Crippen molar-refractivity contribution >= 4 is 43.4 Å². The van der Waals surface area contributed by atoms with E-state index in [-0.39, 0.29) is 0 Å². The van der Waals surface area contributed by atoms with Gasteiger partial charge >= 0.3 is 0 Å². The molecule has 0 aliphatic rings. The molecule has 9 aromatic carbocycles. The van der Waals surface area contributed by atoms with Crippen molar-refractivity contribution in [3.05, 3.63) is 199 Å². The molecule has 254 valence electrons. The van der Waals surface area contributed by atoms with Crippen LogP contribution in [0.5, 0.6) is 0 Å².